The van der Waals surface area contributed by atoms with Crippen molar-refractivity contribution in [2.75, 3.05) is 18.5 Å². The van der Waals surface area contributed by atoms with Crippen molar-refractivity contribution >= 4 is 33.9 Å². The molecule has 0 amide bonds. The van der Waals surface area contributed by atoms with E-state index in [0.717, 1.165) is 28.8 Å². The number of nitrogens with zero attached hydrogens (tertiary/aromatic N) is 2. The molecule has 4 heteroatoms. The number of fused-ring (bicyclic) bond motifs is 1. The first-order valence-electron chi connectivity index (χ1n) is 6.69. The summed E-state index contributed by atoms with van der Waals surface area (Å²) in [5.41, 5.74) is 7.85. The zero-order chi connectivity index (χ0) is 14.9. The predicted octanol–water partition coefficient (Wildman–Crippen LogP) is 3.35. The van der Waals surface area contributed by atoms with Crippen LogP contribution in [0.2, 0.25) is 0 Å². The Hall–Kier alpha value is -1.68. The summed E-state index contributed by atoms with van der Waals surface area (Å²) >= 11 is 5.18. The zero-order valence-electron chi connectivity index (χ0n) is 12.5. The molecule has 20 heavy (non-hydrogen) atoms. The monoisotopic (exact) mass is 287 g/mol. The number of thiocarbonyl (C=S) groups is 1. The molecular weight excluding hydrogens is 266 g/mol. The van der Waals surface area contributed by atoms with Crippen molar-refractivity contribution in [3.8, 4) is 0 Å². The number of benzene rings is 1. The van der Waals surface area contributed by atoms with Gasteiger partial charge in [0, 0.05) is 19.0 Å². The number of nitrogens with two attached hydrogens (primary N) is 1. The van der Waals surface area contributed by atoms with E-state index in [9.17, 15) is 0 Å². The minimum Gasteiger partial charge on any atom is -0.389 e. The molecule has 0 aliphatic carbocycles. The maximum Gasteiger partial charge on any atom is 0.139 e. The SMILES string of the molecule is CN(CC(C)(C)C)c1nc2ccccc2cc1C(N)=S. The molecule has 106 valence electrons. The summed E-state index contributed by atoms with van der Waals surface area (Å²) in [5.74, 6) is 0.853. The first-order chi connectivity index (χ1) is 9.28. The highest BCUT2D eigenvalue weighted by Gasteiger charge is 2.18. The van der Waals surface area contributed by atoms with Gasteiger partial charge < -0.3 is 10.6 Å². The molecule has 1 heterocycles. The minimum absolute atomic E-state index is 0.176. The highest BCUT2D eigenvalue weighted by atomic mass is 32.1. The quantitative estimate of drug-likeness (QED) is 0.879. The Balaban J connectivity index is 2.55. The molecule has 0 aliphatic rings. The lowest BCUT2D eigenvalue weighted by Crippen LogP contribution is -2.31. The van der Waals surface area contributed by atoms with Crippen molar-refractivity contribution in [2.24, 2.45) is 11.1 Å². The van der Waals surface area contributed by atoms with Crippen LogP contribution in [0.4, 0.5) is 5.82 Å². The molecule has 0 spiro atoms. The van der Waals surface area contributed by atoms with E-state index in [0.29, 0.717) is 4.99 Å². The number of anilines is 1. The molecule has 0 atom stereocenters. The Morgan fingerprint density at radius 1 is 1.30 bits per heavy atom. The van der Waals surface area contributed by atoms with Crippen molar-refractivity contribution < 1.29 is 0 Å². The van der Waals surface area contributed by atoms with Crippen LogP contribution < -0.4 is 10.6 Å². The van der Waals surface area contributed by atoms with Crippen LogP contribution in [0.15, 0.2) is 30.3 Å². The van der Waals surface area contributed by atoms with Crippen LogP contribution in [0.3, 0.4) is 0 Å². The molecule has 2 aromatic rings. The number of para-hydroxylation sites is 1. The largest absolute Gasteiger partial charge is 0.389 e. The van der Waals surface area contributed by atoms with Crippen molar-refractivity contribution in [3.63, 3.8) is 0 Å². The third-order valence-electron chi connectivity index (χ3n) is 3.04. The van der Waals surface area contributed by atoms with Gasteiger partial charge in [0.15, 0.2) is 0 Å². The summed E-state index contributed by atoms with van der Waals surface area (Å²) in [4.78, 5) is 7.25. The van der Waals surface area contributed by atoms with Crippen LogP contribution >= 0.6 is 12.2 Å². The van der Waals surface area contributed by atoms with E-state index in [1.54, 1.807) is 0 Å². The Kier molecular flexibility index (Phi) is 3.95. The van der Waals surface area contributed by atoms with Crippen LogP contribution in [-0.4, -0.2) is 23.6 Å². The molecule has 0 bridgehead atoms. The number of hydrogen-bond acceptors (Lipinski definition) is 3. The lowest BCUT2D eigenvalue weighted by atomic mass is 9.96. The Morgan fingerprint density at radius 2 is 1.95 bits per heavy atom. The van der Waals surface area contributed by atoms with Gasteiger partial charge in [0.05, 0.1) is 11.1 Å². The highest BCUT2D eigenvalue weighted by molar-refractivity contribution is 7.80. The first-order valence-corrected chi connectivity index (χ1v) is 7.09. The lowest BCUT2D eigenvalue weighted by Gasteiger charge is -2.29. The second-order valence-electron chi connectivity index (χ2n) is 6.33. The van der Waals surface area contributed by atoms with Crippen LogP contribution in [-0.2, 0) is 0 Å². The molecule has 0 fully saturated rings. The van der Waals surface area contributed by atoms with E-state index >= 15 is 0 Å². The molecule has 0 unspecified atom stereocenters. The maximum absolute atomic E-state index is 5.87. The van der Waals surface area contributed by atoms with E-state index in [1.807, 2.05) is 37.4 Å². The molecule has 0 aliphatic heterocycles. The van der Waals surface area contributed by atoms with E-state index in [4.69, 9.17) is 22.9 Å². The van der Waals surface area contributed by atoms with Gasteiger partial charge in [-0.2, -0.15) is 0 Å². The standard InChI is InChI=1S/C16H21N3S/c1-16(2,3)10-19(4)15-12(14(17)20)9-11-7-5-6-8-13(11)18-15/h5-9H,10H2,1-4H3,(H2,17,20). The van der Waals surface area contributed by atoms with Gasteiger partial charge >= 0.3 is 0 Å². The summed E-state index contributed by atoms with van der Waals surface area (Å²) in [6, 6.07) is 10.0. The fourth-order valence-corrected chi connectivity index (χ4v) is 2.51. The van der Waals surface area contributed by atoms with E-state index in [2.05, 4.69) is 25.7 Å². The van der Waals surface area contributed by atoms with Crippen LogP contribution in [0, 0.1) is 5.41 Å². The third kappa shape index (κ3) is 3.25. The van der Waals surface area contributed by atoms with Crippen molar-refractivity contribution in [3.05, 3.63) is 35.9 Å². The second-order valence-corrected chi connectivity index (χ2v) is 6.77. The zero-order valence-corrected chi connectivity index (χ0v) is 13.3. The lowest BCUT2D eigenvalue weighted by molar-refractivity contribution is 0.418. The number of pyridine rings is 1. The summed E-state index contributed by atoms with van der Waals surface area (Å²) in [6.07, 6.45) is 0. The van der Waals surface area contributed by atoms with Gasteiger partial charge in [0.1, 0.15) is 10.8 Å². The molecule has 0 radical (unpaired) electrons. The Morgan fingerprint density at radius 3 is 2.55 bits per heavy atom. The Bertz CT molecular complexity index is 644. The first kappa shape index (κ1) is 14.7. The average molecular weight is 287 g/mol. The topological polar surface area (TPSA) is 42.2 Å². The minimum atomic E-state index is 0.176. The molecule has 2 rings (SSSR count). The molecule has 0 saturated carbocycles. The van der Waals surface area contributed by atoms with Crippen LogP contribution in [0.5, 0.6) is 0 Å². The van der Waals surface area contributed by atoms with E-state index in [-0.39, 0.29) is 5.41 Å². The van der Waals surface area contributed by atoms with Gasteiger partial charge in [-0.15, -0.1) is 0 Å². The predicted molar refractivity (Wildman–Crippen MR) is 90.4 cm³/mol. The fraction of sp³-hybridized carbons (Fsp3) is 0.375. The third-order valence-corrected chi connectivity index (χ3v) is 3.26. The molecule has 1 aromatic carbocycles. The summed E-state index contributed by atoms with van der Waals surface area (Å²) in [6.45, 7) is 7.48. The van der Waals surface area contributed by atoms with Gasteiger partial charge in [0.25, 0.3) is 0 Å². The normalized spacial score (nSPS) is 11.6. The van der Waals surface area contributed by atoms with Crippen molar-refractivity contribution in [1.29, 1.82) is 0 Å². The van der Waals surface area contributed by atoms with E-state index in [1.165, 1.54) is 0 Å². The molecule has 2 N–H and O–H groups in total. The van der Waals surface area contributed by atoms with E-state index < -0.39 is 0 Å². The van der Waals surface area contributed by atoms with Gasteiger partial charge in [0.2, 0.25) is 0 Å². The fourth-order valence-electron chi connectivity index (χ4n) is 2.36. The highest BCUT2D eigenvalue weighted by Crippen LogP contribution is 2.25. The molecular formula is C16H21N3S. The van der Waals surface area contributed by atoms with Gasteiger partial charge in [-0.05, 0) is 17.5 Å². The Labute approximate surface area is 125 Å². The summed E-state index contributed by atoms with van der Waals surface area (Å²) in [5, 5.41) is 1.06. The molecule has 1 aromatic heterocycles. The van der Waals surface area contributed by atoms with Crippen molar-refractivity contribution in [1.82, 2.24) is 4.98 Å². The smallest absolute Gasteiger partial charge is 0.139 e. The summed E-state index contributed by atoms with van der Waals surface area (Å²) < 4.78 is 0. The van der Waals surface area contributed by atoms with Gasteiger partial charge in [-0.25, -0.2) is 4.98 Å². The second kappa shape index (κ2) is 5.37. The van der Waals surface area contributed by atoms with Crippen molar-refractivity contribution in [2.45, 2.75) is 20.8 Å². The summed E-state index contributed by atoms with van der Waals surface area (Å²) in [7, 11) is 2.03. The van der Waals surface area contributed by atoms with Crippen LogP contribution in [0.1, 0.15) is 26.3 Å². The number of rotatable bonds is 3. The number of hydrogen-bond donors (Lipinski definition) is 1. The average Bonchev–Trinajstić information content (AvgIpc) is 2.35. The van der Waals surface area contributed by atoms with Gasteiger partial charge in [-0.1, -0.05) is 51.2 Å². The van der Waals surface area contributed by atoms with Crippen LogP contribution in [0.25, 0.3) is 10.9 Å². The molecule has 0 saturated heterocycles. The number of aromatic nitrogens is 1. The molecule has 3 nitrogen and oxygen atoms in total. The maximum atomic E-state index is 5.87. The van der Waals surface area contributed by atoms with Gasteiger partial charge in [-0.3, -0.25) is 0 Å².